The number of morpholine rings is 1. The average molecular weight is 546 g/mol. The molecule has 0 saturated carbocycles. The number of rotatable bonds is 6. The third-order valence-electron chi connectivity index (χ3n) is 7.74. The van der Waals surface area contributed by atoms with E-state index in [-0.39, 0.29) is 11.9 Å². The summed E-state index contributed by atoms with van der Waals surface area (Å²) in [6.07, 6.45) is 5.87. The van der Waals surface area contributed by atoms with E-state index >= 15 is 0 Å². The van der Waals surface area contributed by atoms with Gasteiger partial charge in [-0.15, -0.1) is 0 Å². The third kappa shape index (κ3) is 5.06. The lowest BCUT2D eigenvalue weighted by molar-refractivity contribution is -0.178. The van der Waals surface area contributed by atoms with E-state index in [4.69, 9.17) is 9.72 Å². The Morgan fingerprint density at radius 1 is 1.10 bits per heavy atom. The zero-order valence-electron chi connectivity index (χ0n) is 22.8. The SMILES string of the molecule is Cc1cc(Cc2cc(C)[nH]n2)nc(N2CCC3(CC2)OCCN([C@@H](C)c2ccc(-n4cc(F)cn4)nc2)C3=O)n1. The lowest BCUT2D eigenvalue weighted by Crippen LogP contribution is -2.61. The highest BCUT2D eigenvalue weighted by molar-refractivity contribution is 5.86. The Labute approximate surface area is 231 Å². The van der Waals surface area contributed by atoms with Gasteiger partial charge in [0.05, 0.1) is 36.4 Å². The fourth-order valence-electron chi connectivity index (χ4n) is 5.55. The molecule has 0 aromatic carbocycles. The van der Waals surface area contributed by atoms with Crippen molar-refractivity contribution in [3.8, 4) is 5.82 Å². The molecule has 11 nitrogen and oxygen atoms in total. The number of amides is 1. The summed E-state index contributed by atoms with van der Waals surface area (Å²) in [6.45, 7) is 8.17. The molecule has 208 valence electrons. The standard InChI is InChI=1S/C28H32FN9O2/c1-18-12-23(14-24-13-19(2)34-35-24)33-27(32-18)36-8-6-28(7-9-36)26(39)37(10-11-40-28)20(3)21-4-5-25(30-15-21)38-17-22(29)16-31-38/h4-5,12-13,15-17,20H,6-11,14H2,1-3H3,(H,34,35)/t20-/m0/s1. The van der Waals surface area contributed by atoms with Gasteiger partial charge in [-0.3, -0.25) is 9.89 Å². The van der Waals surface area contributed by atoms with Crippen LogP contribution in [0.3, 0.4) is 0 Å². The van der Waals surface area contributed by atoms with Crippen molar-refractivity contribution in [1.82, 2.24) is 39.8 Å². The van der Waals surface area contributed by atoms with Gasteiger partial charge in [0.1, 0.15) is 5.60 Å². The van der Waals surface area contributed by atoms with Gasteiger partial charge < -0.3 is 14.5 Å². The lowest BCUT2D eigenvalue weighted by Gasteiger charge is -2.47. The van der Waals surface area contributed by atoms with Crippen molar-refractivity contribution in [3.05, 3.63) is 77.0 Å². The molecule has 0 aliphatic carbocycles. The molecule has 12 heteroatoms. The van der Waals surface area contributed by atoms with Gasteiger partial charge in [-0.25, -0.2) is 24.0 Å². The van der Waals surface area contributed by atoms with Crippen LogP contribution in [-0.2, 0) is 16.0 Å². The number of nitrogens with one attached hydrogen (secondary N) is 1. The Morgan fingerprint density at radius 3 is 2.60 bits per heavy atom. The molecule has 6 heterocycles. The molecule has 2 aliphatic heterocycles. The van der Waals surface area contributed by atoms with Crippen LogP contribution in [0.25, 0.3) is 5.82 Å². The fourth-order valence-corrected chi connectivity index (χ4v) is 5.55. The monoisotopic (exact) mass is 545 g/mol. The average Bonchev–Trinajstić information content (AvgIpc) is 3.57. The zero-order chi connectivity index (χ0) is 27.9. The number of aromatic amines is 1. The van der Waals surface area contributed by atoms with E-state index in [1.165, 1.54) is 10.9 Å². The molecule has 0 bridgehead atoms. The minimum absolute atomic E-state index is 0.00359. The summed E-state index contributed by atoms with van der Waals surface area (Å²) in [6, 6.07) is 7.50. The number of hydrogen-bond acceptors (Lipinski definition) is 8. The second-order valence-corrected chi connectivity index (χ2v) is 10.6. The van der Waals surface area contributed by atoms with Crippen LogP contribution >= 0.6 is 0 Å². The van der Waals surface area contributed by atoms with Crippen molar-refractivity contribution in [2.24, 2.45) is 0 Å². The Kier molecular flexibility index (Phi) is 6.78. The van der Waals surface area contributed by atoms with E-state index in [0.29, 0.717) is 57.3 Å². The van der Waals surface area contributed by atoms with Crippen molar-refractivity contribution in [3.63, 3.8) is 0 Å². The van der Waals surface area contributed by atoms with Gasteiger partial charge in [-0.1, -0.05) is 6.07 Å². The molecule has 1 amide bonds. The van der Waals surface area contributed by atoms with Gasteiger partial charge in [0.15, 0.2) is 11.6 Å². The largest absolute Gasteiger partial charge is 0.363 e. The van der Waals surface area contributed by atoms with Gasteiger partial charge in [0.25, 0.3) is 5.91 Å². The molecule has 2 saturated heterocycles. The number of carbonyl (C=O) groups excluding carboxylic acids is 1. The molecular formula is C28H32FN9O2. The van der Waals surface area contributed by atoms with Crippen LogP contribution in [0, 0.1) is 19.7 Å². The van der Waals surface area contributed by atoms with Crippen LogP contribution in [0.1, 0.15) is 54.1 Å². The second-order valence-electron chi connectivity index (χ2n) is 10.6. The summed E-state index contributed by atoms with van der Waals surface area (Å²) < 4.78 is 20.9. The number of piperidine rings is 1. The van der Waals surface area contributed by atoms with Gasteiger partial charge in [0.2, 0.25) is 5.95 Å². The number of halogens is 1. The number of hydrogen-bond donors (Lipinski definition) is 1. The highest BCUT2D eigenvalue weighted by atomic mass is 19.1. The Hall–Kier alpha value is -4.19. The van der Waals surface area contributed by atoms with Gasteiger partial charge in [0, 0.05) is 56.5 Å². The summed E-state index contributed by atoms with van der Waals surface area (Å²) in [4.78, 5) is 31.8. The van der Waals surface area contributed by atoms with Gasteiger partial charge >= 0.3 is 0 Å². The summed E-state index contributed by atoms with van der Waals surface area (Å²) >= 11 is 0. The maximum atomic E-state index is 13.8. The predicted octanol–water partition coefficient (Wildman–Crippen LogP) is 3.09. The first-order valence-electron chi connectivity index (χ1n) is 13.5. The summed E-state index contributed by atoms with van der Waals surface area (Å²) in [5.74, 6) is 0.767. The molecule has 2 fully saturated rings. The number of aryl methyl sites for hydroxylation is 2. The van der Waals surface area contributed by atoms with Gasteiger partial charge in [-0.05, 0) is 44.5 Å². The van der Waals surface area contributed by atoms with Crippen LogP contribution < -0.4 is 4.90 Å². The number of anilines is 1. The quantitative estimate of drug-likeness (QED) is 0.393. The summed E-state index contributed by atoms with van der Waals surface area (Å²) in [7, 11) is 0. The topological polar surface area (TPSA) is 118 Å². The molecule has 4 aromatic heterocycles. The molecule has 40 heavy (non-hydrogen) atoms. The molecular weight excluding hydrogens is 513 g/mol. The molecule has 0 unspecified atom stereocenters. The fraction of sp³-hybridized carbons (Fsp3) is 0.429. The molecule has 1 N–H and O–H groups in total. The molecule has 2 aliphatic rings. The Bertz CT molecular complexity index is 1510. The summed E-state index contributed by atoms with van der Waals surface area (Å²) in [5, 5.41) is 11.3. The molecule has 0 radical (unpaired) electrons. The lowest BCUT2D eigenvalue weighted by atomic mass is 9.87. The first-order chi connectivity index (χ1) is 19.3. The van der Waals surface area contributed by atoms with Crippen molar-refractivity contribution in [1.29, 1.82) is 0 Å². The number of H-pyrrole nitrogens is 1. The van der Waals surface area contributed by atoms with E-state index in [2.05, 4.69) is 30.2 Å². The van der Waals surface area contributed by atoms with Crippen molar-refractivity contribution in [2.45, 2.75) is 51.7 Å². The first-order valence-corrected chi connectivity index (χ1v) is 13.5. The first kappa shape index (κ1) is 26.1. The van der Waals surface area contributed by atoms with Crippen LogP contribution in [0.2, 0.25) is 0 Å². The maximum Gasteiger partial charge on any atom is 0.255 e. The number of ether oxygens (including phenoxy) is 1. The normalized spacial score (nSPS) is 17.9. The molecule has 4 aromatic rings. The number of carbonyl (C=O) groups is 1. The van der Waals surface area contributed by atoms with Crippen molar-refractivity contribution < 1.29 is 13.9 Å². The molecule has 1 spiro atoms. The van der Waals surface area contributed by atoms with Crippen LogP contribution in [0.5, 0.6) is 0 Å². The zero-order valence-corrected chi connectivity index (χ0v) is 22.8. The van der Waals surface area contributed by atoms with E-state index < -0.39 is 11.4 Å². The van der Waals surface area contributed by atoms with E-state index in [0.717, 1.165) is 34.5 Å². The van der Waals surface area contributed by atoms with Crippen molar-refractivity contribution >= 4 is 11.9 Å². The van der Waals surface area contributed by atoms with Crippen LogP contribution in [-0.4, -0.2) is 77.6 Å². The third-order valence-corrected chi connectivity index (χ3v) is 7.74. The van der Waals surface area contributed by atoms with Gasteiger partial charge in [-0.2, -0.15) is 10.2 Å². The predicted molar refractivity (Wildman–Crippen MR) is 144 cm³/mol. The second kappa shape index (κ2) is 10.4. The minimum Gasteiger partial charge on any atom is -0.363 e. The van der Waals surface area contributed by atoms with Crippen LogP contribution in [0.4, 0.5) is 10.3 Å². The maximum absolute atomic E-state index is 13.8. The van der Waals surface area contributed by atoms with E-state index in [1.807, 2.05) is 43.9 Å². The molecule has 6 rings (SSSR count). The van der Waals surface area contributed by atoms with Crippen LogP contribution in [0.15, 0.2) is 42.9 Å². The van der Waals surface area contributed by atoms with Crippen molar-refractivity contribution in [2.75, 3.05) is 31.1 Å². The Balaban J connectivity index is 1.13. The Morgan fingerprint density at radius 2 is 1.93 bits per heavy atom. The minimum atomic E-state index is -0.859. The van der Waals surface area contributed by atoms with E-state index in [1.54, 1.807) is 12.3 Å². The summed E-state index contributed by atoms with van der Waals surface area (Å²) in [5.41, 5.74) is 3.80. The number of nitrogens with zero attached hydrogens (tertiary/aromatic N) is 8. The molecule has 1 atom stereocenters. The van der Waals surface area contributed by atoms with E-state index in [9.17, 15) is 9.18 Å². The highest BCUT2D eigenvalue weighted by Gasteiger charge is 2.48. The number of pyridine rings is 1. The number of aromatic nitrogens is 7. The highest BCUT2D eigenvalue weighted by Crippen LogP contribution is 2.36. The smallest absolute Gasteiger partial charge is 0.255 e.